The molecule has 5 nitrogen and oxygen atoms in total. The minimum Gasteiger partial charge on any atom is -0.377 e. The van der Waals surface area contributed by atoms with E-state index < -0.39 is 0 Å². The van der Waals surface area contributed by atoms with Crippen molar-refractivity contribution in [2.24, 2.45) is 0 Å². The summed E-state index contributed by atoms with van der Waals surface area (Å²) in [6, 6.07) is 5.74. The van der Waals surface area contributed by atoms with E-state index >= 15 is 0 Å². The standard InChI is InChI=1S/C15H17N3O2/c19-14(11-3-1-4-13-12(11)9-16-17-13)18-7-8-20-10-15(18)5-2-6-15/h1,3-4,9H,2,5-8,10H2,(H,16,17). The first-order chi connectivity index (χ1) is 9.80. The molecule has 0 unspecified atom stereocenters. The van der Waals surface area contributed by atoms with Gasteiger partial charge >= 0.3 is 0 Å². The van der Waals surface area contributed by atoms with Crippen molar-refractivity contribution in [2.45, 2.75) is 24.8 Å². The van der Waals surface area contributed by atoms with Crippen LogP contribution in [0.25, 0.3) is 10.9 Å². The fourth-order valence-corrected chi connectivity index (χ4v) is 3.35. The Labute approximate surface area is 116 Å². The number of ether oxygens (including phenoxy) is 1. The first-order valence-electron chi connectivity index (χ1n) is 7.12. The average molecular weight is 271 g/mol. The number of hydrogen-bond acceptors (Lipinski definition) is 3. The van der Waals surface area contributed by atoms with Crippen molar-refractivity contribution in [3.63, 3.8) is 0 Å². The van der Waals surface area contributed by atoms with Gasteiger partial charge in [0, 0.05) is 11.9 Å². The number of nitrogens with one attached hydrogen (secondary N) is 1. The van der Waals surface area contributed by atoms with Gasteiger partial charge in [0.2, 0.25) is 0 Å². The van der Waals surface area contributed by atoms with Crippen LogP contribution in [0, 0.1) is 0 Å². The van der Waals surface area contributed by atoms with Crippen molar-refractivity contribution >= 4 is 16.8 Å². The number of carbonyl (C=O) groups is 1. The second kappa shape index (κ2) is 4.31. The van der Waals surface area contributed by atoms with Crippen molar-refractivity contribution < 1.29 is 9.53 Å². The highest BCUT2D eigenvalue weighted by Crippen LogP contribution is 2.40. The average Bonchev–Trinajstić information content (AvgIpc) is 2.93. The maximum absolute atomic E-state index is 12.9. The van der Waals surface area contributed by atoms with Crippen LogP contribution in [0.1, 0.15) is 29.6 Å². The molecular formula is C15H17N3O2. The fraction of sp³-hybridized carbons (Fsp3) is 0.467. The number of benzene rings is 1. The molecule has 104 valence electrons. The summed E-state index contributed by atoms with van der Waals surface area (Å²) >= 11 is 0. The number of aromatic amines is 1. The largest absolute Gasteiger partial charge is 0.377 e. The van der Waals surface area contributed by atoms with Crippen LogP contribution in [0.2, 0.25) is 0 Å². The lowest BCUT2D eigenvalue weighted by molar-refractivity contribution is -0.0876. The molecule has 20 heavy (non-hydrogen) atoms. The number of nitrogens with zero attached hydrogens (tertiary/aromatic N) is 2. The number of hydrogen-bond donors (Lipinski definition) is 1. The predicted molar refractivity (Wildman–Crippen MR) is 74.5 cm³/mol. The van der Waals surface area contributed by atoms with E-state index in [-0.39, 0.29) is 11.4 Å². The summed E-state index contributed by atoms with van der Waals surface area (Å²) in [6.07, 6.45) is 5.03. The molecule has 1 spiro atoms. The monoisotopic (exact) mass is 271 g/mol. The van der Waals surface area contributed by atoms with E-state index in [2.05, 4.69) is 10.2 Å². The molecule has 1 aromatic heterocycles. The second-order valence-corrected chi connectivity index (χ2v) is 5.72. The molecule has 1 saturated carbocycles. The topological polar surface area (TPSA) is 58.2 Å². The molecule has 4 rings (SSSR count). The van der Waals surface area contributed by atoms with Crippen molar-refractivity contribution in [3.8, 4) is 0 Å². The SMILES string of the molecule is O=C(c1cccc2[nH]ncc12)N1CCOCC12CCC2. The zero-order valence-electron chi connectivity index (χ0n) is 11.3. The minimum absolute atomic E-state index is 0.0543. The third-order valence-corrected chi connectivity index (χ3v) is 4.65. The van der Waals surface area contributed by atoms with Crippen LogP contribution in [-0.4, -0.2) is 46.3 Å². The lowest BCUT2D eigenvalue weighted by Gasteiger charge is -2.52. The van der Waals surface area contributed by atoms with Crippen LogP contribution in [0.15, 0.2) is 24.4 Å². The quantitative estimate of drug-likeness (QED) is 0.862. The second-order valence-electron chi connectivity index (χ2n) is 5.72. The van der Waals surface area contributed by atoms with Gasteiger partial charge in [-0.05, 0) is 31.4 Å². The molecule has 1 aliphatic carbocycles. The van der Waals surface area contributed by atoms with Gasteiger partial charge in [-0.3, -0.25) is 9.89 Å². The fourth-order valence-electron chi connectivity index (χ4n) is 3.35. The number of rotatable bonds is 1. The van der Waals surface area contributed by atoms with E-state index in [0.29, 0.717) is 19.8 Å². The first kappa shape index (κ1) is 11.9. The van der Waals surface area contributed by atoms with Gasteiger partial charge in [-0.2, -0.15) is 5.10 Å². The Balaban J connectivity index is 1.74. The Morgan fingerprint density at radius 3 is 3.10 bits per heavy atom. The van der Waals surface area contributed by atoms with Crippen molar-refractivity contribution in [1.82, 2.24) is 15.1 Å². The van der Waals surface area contributed by atoms with E-state index in [1.165, 1.54) is 6.42 Å². The molecule has 5 heteroatoms. The first-order valence-corrected chi connectivity index (χ1v) is 7.12. The molecule has 1 aromatic carbocycles. The third kappa shape index (κ3) is 1.59. The van der Waals surface area contributed by atoms with Crippen molar-refractivity contribution in [2.75, 3.05) is 19.8 Å². The van der Waals surface area contributed by atoms with Crippen LogP contribution < -0.4 is 0 Å². The van der Waals surface area contributed by atoms with Crippen molar-refractivity contribution in [1.29, 1.82) is 0 Å². The number of morpholine rings is 1. The van der Waals surface area contributed by atoms with Crippen LogP contribution in [-0.2, 0) is 4.74 Å². The Hall–Kier alpha value is -1.88. The van der Waals surface area contributed by atoms with Gasteiger partial charge in [-0.15, -0.1) is 0 Å². The van der Waals surface area contributed by atoms with E-state index in [1.807, 2.05) is 23.1 Å². The van der Waals surface area contributed by atoms with E-state index in [1.54, 1.807) is 6.20 Å². The summed E-state index contributed by atoms with van der Waals surface area (Å²) in [4.78, 5) is 15.0. The van der Waals surface area contributed by atoms with Crippen LogP contribution in [0.4, 0.5) is 0 Å². The molecule has 0 bridgehead atoms. The molecule has 1 aliphatic heterocycles. The van der Waals surface area contributed by atoms with E-state index in [4.69, 9.17) is 4.74 Å². The smallest absolute Gasteiger partial charge is 0.255 e. The molecule has 1 N–H and O–H groups in total. The molecule has 2 heterocycles. The highest BCUT2D eigenvalue weighted by atomic mass is 16.5. The summed E-state index contributed by atoms with van der Waals surface area (Å²) in [7, 11) is 0. The zero-order valence-corrected chi connectivity index (χ0v) is 11.3. The minimum atomic E-state index is -0.0543. The van der Waals surface area contributed by atoms with Crippen LogP contribution in [0.3, 0.4) is 0 Å². The zero-order chi connectivity index (χ0) is 13.6. The maximum atomic E-state index is 12.9. The Morgan fingerprint density at radius 2 is 2.30 bits per heavy atom. The molecule has 1 amide bonds. The normalized spacial score (nSPS) is 21.1. The van der Waals surface area contributed by atoms with Gasteiger partial charge in [0.25, 0.3) is 5.91 Å². The highest BCUT2D eigenvalue weighted by Gasteiger charge is 2.47. The number of fused-ring (bicyclic) bond motifs is 1. The highest BCUT2D eigenvalue weighted by molar-refractivity contribution is 6.06. The van der Waals surface area contributed by atoms with Gasteiger partial charge in [-0.1, -0.05) is 6.07 Å². The third-order valence-electron chi connectivity index (χ3n) is 4.65. The molecule has 2 aliphatic rings. The number of H-pyrrole nitrogens is 1. The maximum Gasteiger partial charge on any atom is 0.255 e. The van der Waals surface area contributed by atoms with Crippen molar-refractivity contribution in [3.05, 3.63) is 30.0 Å². The number of amides is 1. The Bertz CT molecular complexity index is 660. The van der Waals surface area contributed by atoms with E-state index in [9.17, 15) is 4.79 Å². The Morgan fingerprint density at radius 1 is 1.40 bits per heavy atom. The van der Waals surface area contributed by atoms with Gasteiger partial charge in [-0.25, -0.2) is 0 Å². The number of aromatic nitrogens is 2. The van der Waals surface area contributed by atoms with E-state index in [0.717, 1.165) is 29.3 Å². The predicted octanol–water partition coefficient (Wildman–Crippen LogP) is 1.96. The summed E-state index contributed by atoms with van der Waals surface area (Å²) in [6.45, 7) is 2.00. The Kier molecular flexibility index (Phi) is 2.57. The lowest BCUT2D eigenvalue weighted by Crippen LogP contribution is -2.62. The molecule has 0 radical (unpaired) electrons. The summed E-state index contributed by atoms with van der Waals surface area (Å²) in [5.41, 5.74) is 1.59. The molecule has 0 atom stereocenters. The summed E-state index contributed by atoms with van der Waals surface area (Å²) < 4.78 is 5.60. The number of carbonyl (C=O) groups excluding carboxylic acids is 1. The summed E-state index contributed by atoms with van der Waals surface area (Å²) in [5, 5.41) is 7.86. The lowest BCUT2D eigenvalue weighted by atomic mass is 9.75. The van der Waals surface area contributed by atoms with Crippen LogP contribution in [0.5, 0.6) is 0 Å². The molecule has 2 aromatic rings. The van der Waals surface area contributed by atoms with Crippen LogP contribution >= 0.6 is 0 Å². The molecular weight excluding hydrogens is 254 g/mol. The van der Waals surface area contributed by atoms with Gasteiger partial charge in [0.05, 0.1) is 36.0 Å². The molecule has 1 saturated heterocycles. The van der Waals surface area contributed by atoms with Gasteiger partial charge in [0.1, 0.15) is 0 Å². The van der Waals surface area contributed by atoms with Gasteiger partial charge < -0.3 is 9.64 Å². The summed E-state index contributed by atoms with van der Waals surface area (Å²) in [5.74, 6) is 0.111. The molecule has 2 fully saturated rings. The van der Waals surface area contributed by atoms with Gasteiger partial charge in [0.15, 0.2) is 0 Å².